The smallest absolute Gasteiger partial charge is 0.395 e. The molecule has 2 aliphatic carbocycles. The molecular weight excluding hydrogens is 629 g/mol. The van der Waals surface area contributed by atoms with Gasteiger partial charge in [0.1, 0.15) is 10.4 Å². The number of likely N-dealkylation sites (N-methyl/N-ethyl adjacent to an activating group) is 1. The van der Waals surface area contributed by atoms with Crippen molar-refractivity contribution in [3.63, 3.8) is 0 Å². The molecule has 2 N–H and O–H groups in total. The first-order chi connectivity index (χ1) is 21.4. The molecule has 15 heteroatoms. The van der Waals surface area contributed by atoms with E-state index in [0.717, 1.165) is 67.4 Å². The average molecular weight is 663 g/mol. The highest BCUT2D eigenvalue weighted by Gasteiger charge is 2.42. The van der Waals surface area contributed by atoms with E-state index in [1.807, 2.05) is 19.2 Å². The third-order valence-electron chi connectivity index (χ3n) is 9.06. The first kappa shape index (κ1) is 30.4. The van der Waals surface area contributed by atoms with Gasteiger partial charge >= 0.3 is 6.18 Å². The van der Waals surface area contributed by atoms with Gasteiger partial charge in [-0.25, -0.2) is 18.4 Å². The molecule has 45 heavy (non-hydrogen) atoms. The van der Waals surface area contributed by atoms with Crippen molar-refractivity contribution in [1.82, 2.24) is 19.8 Å². The predicted molar refractivity (Wildman–Crippen MR) is 164 cm³/mol. The molecule has 3 fully saturated rings. The Morgan fingerprint density at radius 1 is 1.11 bits per heavy atom. The lowest BCUT2D eigenvalue weighted by Gasteiger charge is -2.40. The second kappa shape index (κ2) is 11.2. The Labute approximate surface area is 262 Å². The van der Waals surface area contributed by atoms with E-state index in [1.54, 1.807) is 0 Å². The molecule has 4 heterocycles. The van der Waals surface area contributed by atoms with E-state index in [2.05, 4.69) is 31.2 Å². The van der Waals surface area contributed by atoms with Crippen molar-refractivity contribution in [3.8, 4) is 10.6 Å². The van der Waals surface area contributed by atoms with Crippen LogP contribution < -0.4 is 10.2 Å². The Morgan fingerprint density at radius 3 is 2.58 bits per heavy atom. The number of nitrogens with one attached hydrogen (secondary N) is 1. The van der Waals surface area contributed by atoms with Crippen molar-refractivity contribution in [2.45, 2.75) is 54.8 Å². The zero-order chi connectivity index (χ0) is 31.7. The summed E-state index contributed by atoms with van der Waals surface area (Å²) in [4.78, 5) is 27.1. The van der Waals surface area contributed by atoms with E-state index in [9.17, 15) is 31.5 Å². The Balaban J connectivity index is 1.24. The number of halogens is 3. The largest absolute Gasteiger partial charge is 0.420 e. The fraction of sp³-hybridized carbons (Fsp3) is 0.500. The lowest BCUT2D eigenvalue weighted by Crippen LogP contribution is -2.53. The number of thiophene rings is 1. The first-order valence-corrected chi connectivity index (χ1v) is 17.5. The number of anilines is 3. The highest BCUT2D eigenvalue weighted by Crippen LogP contribution is 2.46. The number of fused-ring (bicyclic) bond motifs is 1. The van der Waals surface area contributed by atoms with E-state index < -0.39 is 33.2 Å². The van der Waals surface area contributed by atoms with Gasteiger partial charge in [-0.15, -0.1) is 11.3 Å². The summed E-state index contributed by atoms with van der Waals surface area (Å²) in [5, 5.41) is 12.9. The van der Waals surface area contributed by atoms with Crippen molar-refractivity contribution >= 4 is 44.4 Å². The van der Waals surface area contributed by atoms with Crippen LogP contribution in [0.1, 0.15) is 52.4 Å². The van der Waals surface area contributed by atoms with Crippen LogP contribution in [-0.2, 0) is 16.0 Å². The van der Waals surface area contributed by atoms with E-state index in [1.165, 1.54) is 4.90 Å². The number of aromatic nitrogens is 2. The highest BCUT2D eigenvalue weighted by molar-refractivity contribution is 7.91. The molecule has 4 aliphatic rings. The summed E-state index contributed by atoms with van der Waals surface area (Å²) >= 11 is 0.729. The fourth-order valence-electron chi connectivity index (χ4n) is 6.09. The zero-order valence-corrected chi connectivity index (χ0v) is 26.2. The van der Waals surface area contributed by atoms with Crippen molar-refractivity contribution < 1.29 is 31.5 Å². The average Bonchev–Trinajstić information content (AvgIpc) is 3.95. The molecule has 1 aromatic carbocycles. The third-order valence-corrected chi connectivity index (χ3v) is 12.0. The summed E-state index contributed by atoms with van der Waals surface area (Å²) < 4.78 is 68.8. The van der Waals surface area contributed by atoms with Gasteiger partial charge in [-0.2, -0.15) is 13.2 Å². The van der Waals surface area contributed by atoms with Gasteiger partial charge in [0.15, 0.2) is 9.84 Å². The second-order valence-electron chi connectivity index (χ2n) is 12.2. The lowest BCUT2D eigenvalue weighted by molar-refractivity contribution is -0.137. The number of alkyl halides is 3. The number of rotatable bonds is 7. The molecule has 1 unspecified atom stereocenters. The van der Waals surface area contributed by atoms with Crippen LogP contribution in [0.4, 0.5) is 30.5 Å². The second-order valence-corrected chi connectivity index (χ2v) is 15.4. The molecule has 3 aromatic rings. The number of amides is 1. The van der Waals surface area contributed by atoms with Crippen LogP contribution in [0.15, 0.2) is 35.4 Å². The Bertz CT molecular complexity index is 1760. The minimum atomic E-state index is -4.81. The first-order valence-electron chi connectivity index (χ1n) is 15.0. The van der Waals surface area contributed by atoms with E-state index >= 15 is 0 Å². The Kier molecular flexibility index (Phi) is 7.57. The van der Waals surface area contributed by atoms with Crippen molar-refractivity contribution in [3.05, 3.63) is 46.5 Å². The van der Waals surface area contributed by atoms with Gasteiger partial charge in [-0.3, -0.25) is 9.69 Å². The molecular formula is C30H33F3N6O4S2. The molecule has 2 aromatic heterocycles. The van der Waals surface area contributed by atoms with Gasteiger partial charge in [0.25, 0.3) is 5.91 Å². The predicted octanol–water partition coefficient (Wildman–Crippen LogP) is 4.35. The molecule has 1 saturated heterocycles. The zero-order valence-electron chi connectivity index (χ0n) is 24.5. The molecule has 10 nitrogen and oxygen atoms in total. The van der Waals surface area contributed by atoms with Crippen molar-refractivity contribution in [1.29, 1.82) is 0 Å². The maximum Gasteiger partial charge on any atom is 0.420 e. The number of benzene rings is 1. The van der Waals surface area contributed by atoms with Crippen molar-refractivity contribution in [2.75, 3.05) is 55.8 Å². The van der Waals surface area contributed by atoms with Crippen LogP contribution in [0.5, 0.6) is 0 Å². The normalized spacial score (nSPS) is 22.3. The molecule has 0 spiro atoms. The molecule has 7 rings (SSSR count). The van der Waals surface area contributed by atoms with Gasteiger partial charge in [-0.05, 0) is 68.5 Å². The number of carbonyl (C=O) groups is 1. The summed E-state index contributed by atoms with van der Waals surface area (Å²) in [7, 11) is -1.90. The molecule has 240 valence electrons. The van der Waals surface area contributed by atoms with Crippen LogP contribution in [0.3, 0.4) is 0 Å². The third kappa shape index (κ3) is 5.90. The Hall–Kier alpha value is -3.27. The van der Waals surface area contributed by atoms with Crippen LogP contribution in [-0.4, -0.2) is 96.9 Å². The van der Waals surface area contributed by atoms with Gasteiger partial charge < -0.3 is 20.2 Å². The van der Waals surface area contributed by atoms with E-state index in [-0.39, 0.29) is 51.6 Å². The standard InChI is InChI=1S/C30H33F3N6O4S2/c1-37-8-9-38(15-20(37)16-40)19-6-7-23(21(12-19)17-2-3-17)35-29-34-14-22(30(31,32)33)26(36-29)24-13-25-27(44-24)28(41)39(18-4-5-18)10-11-45(25,42)43/h6-7,12-14,17-18,20,40H,2-5,8-11,15-16H2,1H3,(H,34,35,36). The SMILES string of the molecule is CN1CCN(c2ccc(Nc3ncc(C(F)(F)F)c(-c4cc5c(s4)C(=O)N(C4CC4)CCS5(=O)=O)n3)c(C3CC3)c2)CC1CO. The molecule has 0 radical (unpaired) electrons. The number of carbonyl (C=O) groups excluding carboxylic acids is 1. The molecule has 1 atom stereocenters. The molecule has 1 amide bonds. The summed E-state index contributed by atoms with van der Waals surface area (Å²) in [5.41, 5.74) is 1.11. The fourth-order valence-corrected chi connectivity index (χ4v) is 9.01. The van der Waals surface area contributed by atoms with Crippen LogP contribution in [0.25, 0.3) is 10.6 Å². The maximum absolute atomic E-state index is 14.2. The molecule has 2 saturated carbocycles. The number of aliphatic hydroxyl groups excluding tert-OH is 1. The topological polar surface area (TPSA) is 119 Å². The number of piperazine rings is 1. The van der Waals surface area contributed by atoms with Gasteiger partial charge in [0.2, 0.25) is 5.95 Å². The summed E-state index contributed by atoms with van der Waals surface area (Å²) in [5.74, 6) is -0.521. The maximum atomic E-state index is 14.2. The van der Waals surface area contributed by atoms with Gasteiger partial charge in [-0.1, -0.05) is 0 Å². The summed E-state index contributed by atoms with van der Waals surface area (Å²) in [6.45, 7) is 2.41. The van der Waals surface area contributed by atoms with E-state index in [0.29, 0.717) is 24.3 Å². The highest BCUT2D eigenvalue weighted by atomic mass is 32.2. The minimum Gasteiger partial charge on any atom is -0.395 e. The lowest BCUT2D eigenvalue weighted by atomic mass is 10.1. The number of aliphatic hydroxyl groups is 1. The Morgan fingerprint density at radius 2 is 1.89 bits per heavy atom. The molecule has 0 bridgehead atoms. The number of nitrogens with zero attached hydrogens (tertiary/aromatic N) is 5. The monoisotopic (exact) mass is 662 g/mol. The van der Waals surface area contributed by atoms with Crippen LogP contribution in [0, 0.1) is 0 Å². The van der Waals surface area contributed by atoms with Gasteiger partial charge in [0.05, 0.1) is 33.9 Å². The molecule has 2 aliphatic heterocycles. The summed E-state index contributed by atoms with van der Waals surface area (Å²) in [6, 6.07) is 7.05. The minimum absolute atomic E-state index is 0.0225. The van der Waals surface area contributed by atoms with E-state index in [4.69, 9.17) is 0 Å². The van der Waals surface area contributed by atoms with Gasteiger partial charge in [0, 0.05) is 49.8 Å². The van der Waals surface area contributed by atoms with Crippen LogP contribution in [0.2, 0.25) is 0 Å². The van der Waals surface area contributed by atoms with Crippen molar-refractivity contribution in [2.24, 2.45) is 0 Å². The number of hydrogen-bond donors (Lipinski definition) is 2. The number of hydrogen-bond acceptors (Lipinski definition) is 10. The number of sulfone groups is 1. The quantitative estimate of drug-likeness (QED) is 0.381. The van der Waals surface area contributed by atoms with Crippen LogP contribution >= 0.6 is 11.3 Å². The summed E-state index contributed by atoms with van der Waals surface area (Å²) in [6.07, 6.45) is -0.580.